The Balaban J connectivity index is 2.02. The van der Waals surface area contributed by atoms with Crippen LogP contribution >= 0.6 is 0 Å². The topological polar surface area (TPSA) is 35.2 Å². The minimum Gasteiger partial charge on any atom is -0.373 e. The molecule has 1 unspecified atom stereocenters. The fourth-order valence-corrected chi connectivity index (χ4v) is 2.19. The molecule has 1 aliphatic rings. The van der Waals surface area contributed by atoms with E-state index in [1.165, 1.54) is 11.1 Å². The number of benzene rings is 1. The highest BCUT2D eigenvalue weighted by Gasteiger charge is 2.19. The number of hydrogen-bond donors (Lipinski definition) is 1. The van der Waals surface area contributed by atoms with Gasteiger partial charge in [0.15, 0.2) is 0 Å². The van der Waals surface area contributed by atoms with Crippen molar-refractivity contribution in [2.24, 2.45) is 5.73 Å². The van der Waals surface area contributed by atoms with Gasteiger partial charge >= 0.3 is 0 Å². The van der Waals surface area contributed by atoms with Gasteiger partial charge in [0.2, 0.25) is 0 Å². The normalized spacial score (nSPS) is 19.9. The van der Waals surface area contributed by atoms with Gasteiger partial charge in [-0.25, -0.2) is 0 Å². The Labute approximate surface area is 91.4 Å². The summed E-state index contributed by atoms with van der Waals surface area (Å²) in [5.74, 6) is 0. The van der Waals surface area contributed by atoms with E-state index in [0.717, 1.165) is 38.8 Å². The smallest absolute Gasteiger partial charge is 0.0827 e. The molecule has 1 heterocycles. The first kappa shape index (κ1) is 10.7. The molecule has 0 aliphatic carbocycles. The summed E-state index contributed by atoms with van der Waals surface area (Å²) in [4.78, 5) is 0. The van der Waals surface area contributed by atoms with Crippen LogP contribution in [0.3, 0.4) is 0 Å². The summed E-state index contributed by atoms with van der Waals surface area (Å²) in [6.07, 6.45) is 4.73. The molecule has 0 amide bonds. The van der Waals surface area contributed by atoms with Crippen LogP contribution in [-0.4, -0.2) is 13.2 Å². The van der Waals surface area contributed by atoms with Crippen molar-refractivity contribution < 1.29 is 4.74 Å². The van der Waals surface area contributed by atoms with Crippen molar-refractivity contribution in [2.75, 3.05) is 13.2 Å². The molecule has 15 heavy (non-hydrogen) atoms. The van der Waals surface area contributed by atoms with Gasteiger partial charge in [-0.1, -0.05) is 24.3 Å². The van der Waals surface area contributed by atoms with Gasteiger partial charge in [-0.2, -0.15) is 0 Å². The molecule has 0 spiro atoms. The van der Waals surface area contributed by atoms with E-state index in [1.807, 2.05) is 0 Å². The van der Waals surface area contributed by atoms with Crippen LogP contribution in [-0.2, 0) is 11.2 Å². The van der Waals surface area contributed by atoms with Crippen molar-refractivity contribution in [1.29, 1.82) is 0 Å². The van der Waals surface area contributed by atoms with E-state index < -0.39 is 0 Å². The molecule has 1 atom stereocenters. The highest BCUT2D eigenvalue weighted by atomic mass is 16.5. The molecule has 0 radical (unpaired) electrons. The Morgan fingerprint density at radius 3 is 3.00 bits per heavy atom. The highest BCUT2D eigenvalue weighted by Crippen LogP contribution is 2.30. The molecule has 82 valence electrons. The first-order valence-corrected chi connectivity index (χ1v) is 5.81. The Bertz CT molecular complexity index is 311. The van der Waals surface area contributed by atoms with Crippen LogP contribution in [0.1, 0.15) is 36.5 Å². The van der Waals surface area contributed by atoms with Crippen molar-refractivity contribution >= 4 is 0 Å². The number of nitrogens with two attached hydrogens (primary N) is 1. The van der Waals surface area contributed by atoms with Gasteiger partial charge in [-0.15, -0.1) is 0 Å². The number of fused-ring (bicyclic) bond motifs is 1. The zero-order valence-electron chi connectivity index (χ0n) is 9.11. The third kappa shape index (κ3) is 2.58. The van der Waals surface area contributed by atoms with Crippen molar-refractivity contribution in [3.8, 4) is 0 Å². The lowest BCUT2D eigenvalue weighted by Gasteiger charge is -2.26. The Morgan fingerprint density at radius 1 is 1.27 bits per heavy atom. The van der Waals surface area contributed by atoms with E-state index in [0.29, 0.717) is 6.10 Å². The average Bonchev–Trinajstić information content (AvgIpc) is 2.30. The number of rotatable bonds is 4. The largest absolute Gasteiger partial charge is 0.373 e. The van der Waals surface area contributed by atoms with Crippen LogP contribution < -0.4 is 5.73 Å². The summed E-state index contributed by atoms with van der Waals surface area (Å²) in [7, 11) is 0. The lowest BCUT2D eigenvalue weighted by molar-refractivity contribution is 0.0350. The summed E-state index contributed by atoms with van der Waals surface area (Å²) in [5.41, 5.74) is 8.35. The summed E-state index contributed by atoms with van der Waals surface area (Å²) in [6, 6.07) is 8.62. The maximum absolute atomic E-state index is 5.81. The molecule has 2 nitrogen and oxygen atoms in total. The third-order valence-electron chi connectivity index (χ3n) is 3.01. The molecular formula is C13H19NO. The molecular weight excluding hydrogens is 186 g/mol. The Hall–Kier alpha value is -0.860. The minimum atomic E-state index is 0.307. The number of ether oxygens (including phenoxy) is 1. The van der Waals surface area contributed by atoms with Crippen LogP contribution in [0.4, 0.5) is 0 Å². The summed E-state index contributed by atoms with van der Waals surface area (Å²) < 4.78 is 5.81. The first-order chi connectivity index (χ1) is 7.42. The lowest BCUT2D eigenvalue weighted by atomic mass is 9.94. The second-order valence-corrected chi connectivity index (χ2v) is 4.09. The zero-order chi connectivity index (χ0) is 10.5. The van der Waals surface area contributed by atoms with E-state index in [4.69, 9.17) is 10.5 Å². The second kappa shape index (κ2) is 5.29. The highest BCUT2D eigenvalue weighted by molar-refractivity contribution is 5.30. The van der Waals surface area contributed by atoms with Crippen LogP contribution in [0.2, 0.25) is 0 Å². The van der Waals surface area contributed by atoms with Crippen molar-refractivity contribution in [1.82, 2.24) is 0 Å². The molecule has 1 aliphatic heterocycles. The van der Waals surface area contributed by atoms with E-state index >= 15 is 0 Å². The van der Waals surface area contributed by atoms with E-state index in [1.54, 1.807) is 0 Å². The average molecular weight is 205 g/mol. The molecule has 2 heteroatoms. The van der Waals surface area contributed by atoms with Gasteiger partial charge in [-0.3, -0.25) is 0 Å². The van der Waals surface area contributed by atoms with Crippen LogP contribution in [0.5, 0.6) is 0 Å². The second-order valence-electron chi connectivity index (χ2n) is 4.09. The van der Waals surface area contributed by atoms with Gasteiger partial charge < -0.3 is 10.5 Å². The van der Waals surface area contributed by atoms with Crippen molar-refractivity contribution in [2.45, 2.75) is 31.8 Å². The SMILES string of the molecule is NCCCCC1OCCc2ccccc21. The molecule has 1 aromatic carbocycles. The van der Waals surface area contributed by atoms with Gasteiger partial charge in [0.25, 0.3) is 0 Å². The molecule has 1 aromatic rings. The van der Waals surface area contributed by atoms with Crippen molar-refractivity contribution in [3.63, 3.8) is 0 Å². The third-order valence-corrected chi connectivity index (χ3v) is 3.01. The lowest BCUT2D eigenvalue weighted by Crippen LogP contribution is -2.16. The van der Waals surface area contributed by atoms with Gasteiger partial charge in [-0.05, 0) is 43.4 Å². The maximum Gasteiger partial charge on any atom is 0.0827 e. The van der Waals surface area contributed by atoms with Crippen LogP contribution in [0, 0.1) is 0 Å². The number of unbranched alkanes of at least 4 members (excludes halogenated alkanes) is 1. The standard InChI is InChI=1S/C13H19NO/c14-9-4-3-7-13-12-6-2-1-5-11(12)8-10-15-13/h1-2,5-6,13H,3-4,7-10,14H2. The fraction of sp³-hybridized carbons (Fsp3) is 0.538. The minimum absolute atomic E-state index is 0.307. The van der Waals surface area contributed by atoms with Crippen LogP contribution in [0.15, 0.2) is 24.3 Å². The first-order valence-electron chi connectivity index (χ1n) is 5.81. The summed E-state index contributed by atoms with van der Waals surface area (Å²) in [5, 5.41) is 0. The molecule has 0 aromatic heterocycles. The Kier molecular flexibility index (Phi) is 3.75. The molecule has 0 fully saturated rings. The van der Waals surface area contributed by atoms with Crippen LogP contribution in [0.25, 0.3) is 0 Å². The van der Waals surface area contributed by atoms with E-state index in [9.17, 15) is 0 Å². The quantitative estimate of drug-likeness (QED) is 0.766. The molecule has 0 bridgehead atoms. The number of hydrogen-bond acceptors (Lipinski definition) is 2. The predicted molar refractivity (Wildman–Crippen MR) is 61.7 cm³/mol. The molecule has 2 N–H and O–H groups in total. The molecule has 2 rings (SSSR count). The predicted octanol–water partition coefficient (Wildman–Crippen LogP) is 2.43. The van der Waals surface area contributed by atoms with Gasteiger partial charge in [0.05, 0.1) is 12.7 Å². The monoisotopic (exact) mass is 205 g/mol. The molecule has 0 saturated carbocycles. The van der Waals surface area contributed by atoms with Crippen molar-refractivity contribution in [3.05, 3.63) is 35.4 Å². The van der Waals surface area contributed by atoms with Gasteiger partial charge in [0, 0.05) is 0 Å². The van der Waals surface area contributed by atoms with E-state index in [2.05, 4.69) is 24.3 Å². The maximum atomic E-state index is 5.81. The van der Waals surface area contributed by atoms with E-state index in [-0.39, 0.29) is 0 Å². The fourth-order valence-electron chi connectivity index (χ4n) is 2.19. The van der Waals surface area contributed by atoms with Gasteiger partial charge in [0.1, 0.15) is 0 Å². The molecule has 0 saturated heterocycles. The zero-order valence-corrected chi connectivity index (χ0v) is 9.11. The Morgan fingerprint density at radius 2 is 2.13 bits per heavy atom. The summed E-state index contributed by atoms with van der Waals surface area (Å²) >= 11 is 0. The summed E-state index contributed by atoms with van der Waals surface area (Å²) in [6.45, 7) is 1.65.